The number of rotatable bonds is 6. The van der Waals surface area contributed by atoms with Crippen LogP contribution < -0.4 is 4.72 Å². The van der Waals surface area contributed by atoms with Crippen molar-refractivity contribution < 1.29 is 13.5 Å². The third-order valence-electron chi connectivity index (χ3n) is 3.35. The molecule has 0 saturated carbocycles. The van der Waals surface area contributed by atoms with Gasteiger partial charge in [-0.1, -0.05) is 31.2 Å². The number of benzene rings is 1. The van der Waals surface area contributed by atoms with E-state index in [0.717, 1.165) is 17.5 Å². The van der Waals surface area contributed by atoms with Crippen LogP contribution in [0.25, 0.3) is 0 Å². The molecule has 0 bridgehead atoms. The van der Waals surface area contributed by atoms with Crippen molar-refractivity contribution in [1.82, 2.24) is 4.72 Å². The molecule has 0 aliphatic carbocycles. The van der Waals surface area contributed by atoms with E-state index >= 15 is 0 Å². The molecule has 1 aromatic carbocycles. The van der Waals surface area contributed by atoms with Crippen molar-refractivity contribution in [1.29, 1.82) is 0 Å². The second-order valence-corrected chi connectivity index (χ2v) is 7.44. The predicted molar refractivity (Wildman–Crippen MR) is 84.8 cm³/mol. The van der Waals surface area contributed by atoms with E-state index in [9.17, 15) is 13.5 Å². The molecule has 2 N–H and O–H groups in total. The summed E-state index contributed by atoms with van der Waals surface area (Å²) in [5.41, 5.74) is 2.77. The lowest BCUT2D eigenvalue weighted by atomic mass is 10.1. The normalized spacial score (nSPS) is 11.8. The van der Waals surface area contributed by atoms with Gasteiger partial charge in [-0.3, -0.25) is 0 Å². The fourth-order valence-corrected chi connectivity index (χ4v) is 4.94. The van der Waals surface area contributed by atoms with E-state index in [1.165, 1.54) is 11.3 Å². The van der Waals surface area contributed by atoms with Crippen molar-refractivity contribution in [2.75, 3.05) is 0 Å². The van der Waals surface area contributed by atoms with Crippen molar-refractivity contribution >= 4 is 21.4 Å². The van der Waals surface area contributed by atoms with Crippen molar-refractivity contribution in [3.05, 3.63) is 51.2 Å². The SMILES string of the molecule is CCc1ccccc1CNS(=O)(=O)c1c(C)csc1CO. The highest BCUT2D eigenvalue weighted by atomic mass is 32.2. The smallest absolute Gasteiger partial charge is 0.242 e. The predicted octanol–water partition coefficient (Wildman–Crippen LogP) is 2.59. The van der Waals surface area contributed by atoms with Crippen LogP contribution in [0.1, 0.15) is 28.5 Å². The zero-order valence-electron chi connectivity index (χ0n) is 12.1. The molecule has 21 heavy (non-hydrogen) atoms. The van der Waals surface area contributed by atoms with Crippen LogP contribution in [0.4, 0.5) is 0 Å². The second-order valence-electron chi connectivity index (χ2n) is 4.78. The minimum Gasteiger partial charge on any atom is -0.391 e. The molecule has 0 saturated heterocycles. The van der Waals surface area contributed by atoms with E-state index in [-0.39, 0.29) is 18.0 Å². The first-order chi connectivity index (χ1) is 9.99. The van der Waals surface area contributed by atoms with Crippen LogP contribution >= 0.6 is 11.3 Å². The van der Waals surface area contributed by atoms with Crippen LogP contribution in [-0.2, 0) is 29.6 Å². The average molecular weight is 325 g/mol. The van der Waals surface area contributed by atoms with Gasteiger partial charge in [-0.05, 0) is 35.4 Å². The van der Waals surface area contributed by atoms with E-state index in [1.807, 2.05) is 31.2 Å². The van der Waals surface area contributed by atoms with Crippen LogP contribution in [0.2, 0.25) is 0 Å². The van der Waals surface area contributed by atoms with Gasteiger partial charge in [-0.2, -0.15) is 0 Å². The zero-order chi connectivity index (χ0) is 15.5. The first-order valence-corrected chi connectivity index (χ1v) is 9.10. The molecule has 0 fully saturated rings. The Bertz CT molecular complexity index is 720. The first kappa shape index (κ1) is 16.2. The molecule has 0 radical (unpaired) electrons. The Morgan fingerprint density at radius 2 is 1.90 bits per heavy atom. The fourth-order valence-electron chi connectivity index (χ4n) is 2.28. The van der Waals surface area contributed by atoms with Gasteiger partial charge < -0.3 is 5.11 Å². The number of aliphatic hydroxyl groups excluding tert-OH is 1. The second kappa shape index (κ2) is 6.70. The van der Waals surface area contributed by atoms with Crippen LogP contribution in [0, 0.1) is 6.92 Å². The van der Waals surface area contributed by atoms with Gasteiger partial charge in [0.05, 0.1) is 11.5 Å². The summed E-state index contributed by atoms with van der Waals surface area (Å²) in [6, 6.07) is 7.77. The summed E-state index contributed by atoms with van der Waals surface area (Å²) in [7, 11) is -3.61. The number of hydrogen-bond donors (Lipinski definition) is 2. The maximum absolute atomic E-state index is 12.5. The van der Waals surface area contributed by atoms with Gasteiger partial charge in [0.15, 0.2) is 0 Å². The summed E-state index contributed by atoms with van der Waals surface area (Å²) in [4.78, 5) is 0.688. The monoisotopic (exact) mass is 325 g/mol. The van der Waals surface area contributed by atoms with Gasteiger partial charge in [0.2, 0.25) is 10.0 Å². The number of nitrogens with one attached hydrogen (secondary N) is 1. The topological polar surface area (TPSA) is 66.4 Å². The molecule has 4 nitrogen and oxygen atoms in total. The van der Waals surface area contributed by atoms with Crippen molar-refractivity contribution in [3.63, 3.8) is 0 Å². The Hall–Kier alpha value is -1.21. The molecule has 6 heteroatoms. The summed E-state index contributed by atoms with van der Waals surface area (Å²) < 4.78 is 27.5. The zero-order valence-corrected chi connectivity index (χ0v) is 13.7. The molecule has 0 amide bonds. The van der Waals surface area contributed by atoms with Crippen LogP contribution in [0.15, 0.2) is 34.5 Å². The minimum atomic E-state index is -3.61. The Morgan fingerprint density at radius 1 is 1.24 bits per heavy atom. The lowest BCUT2D eigenvalue weighted by Crippen LogP contribution is -2.25. The van der Waals surface area contributed by atoms with Gasteiger partial charge in [-0.15, -0.1) is 11.3 Å². The highest BCUT2D eigenvalue weighted by Gasteiger charge is 2.22. The van der Waals surface area contributed by atoms with E-state index in [1.54, 1.807) is 12.3 Å². The summed E-state index contributed by atoms with van der Waals surface area (Å²) in [6.07, 6.45) is 0.858. The first-order valence-electron chi connectivity index (χ1n) is 6.73. The van der Waals surface area contributed by atoms with Gasteiger partial charge in [0.25, 0.3) is 0 Å². The molecular formula is C15H19NO3S2. The van der Waals surface area contributed by atoms with Gasteiger partial charge in [-0.25, -0.2) is 13.1 Å². The maximum Gasteiger partial charge on any atom is 0.242 e. The molecule has 1 aromatic heterocycles. The number of hydrogen-bond acceptors (Lipinski definition) is 4. The number of aryl methyl sites for hydroxylation is 2. The standard InChI is InChI=1S/C15H19NO3S2/c1-3-12-6-4-5-7-13(12)8-16-21(18,19)15-11(2)10-20-14(15)9-17/h4-7,10,16-17H,3,8-9H2,1-2H3. The largest absolute Gasteiger partial charge is 0.391 e. The summed E-state index contributed by atoms with van der Waals surface area (Å²) in [5.74, 6) is 0. The van der Waals surface area contributed by atoms with Crippen LogP contribution in [0.5, 0.6) is 0 Å². The summed E-state index contributed by atoms with van der Waals surface area (Å²) in [6.45, 7) is 3.78. The molecule has 2 rings (SSSR count). The number of aliphatic hydroxyl groups is 1. The average Bonchev–Trinajstić information content (AvgIpc) is 2.87. The van der Waals surface area contributed by atoms with E-state index in [0.29, 0.717) is 10.4 Å². The quantitative estimate of drug-likeness (QED) is 0.858. The van der Waals surface area contributed by atoms with Crippen LogP contribution in [0.3, 0.4) is 0 Å². The van der Waals surface area contributed by atoms with E-state index < -0.39 is 10.0 Å². The Kier molecular flexibility index (Phi) is 5.16. The lowest BCUT2D eigenvalue weighted by molar-refractivity contribution is 0.282. The molecule has 2 aromatic rings. The Balaban J connectivity index is 2.24. The van der Waals surface area contributed by atoms with Crippen LogP contribution in [-0.4, -0.2) is 13.5 Å². The highest BCUT2D eigenvalue weighted by Crippen LogP contribution is 2.27. The Morgan fingerprint density at radius 3 is 2.52 bits per heavy atom. The molecule has 0 spiro atoms. The highest BCUT2D eigenvalue weighted by molar-refractivity contribution is 7.89. The molecule has 0 aliphatic heterocycles. The van der Waals surface area contributed by atoms with Crippen molar-refractivity contribution in [2.45, 2.75) is 38.3 Å². The third-order valence-corrected chi connectivity index (χ3v) is 6.20. The van der Waals surface area contributed by atoms with Crippen molar-refractivity contribution in [2.24, 2.45) is 0 Å². The molecule has 114 valence electrons. The van der Waals surface area contributed by atoms with Crippen molar-refractivity contribution in [3.8, 4) is 0 Å². The maximum atomic E-state index is 12.5. The minimum absolute atomic E-state index is 0.212. The van der Waals surface area contributed by atoms with Gasteiger partial charge in [0.1, 0.15) is 4.90 Å². The van der Waals surface area contributed by atoms with E-state index in [2.05, 4.69) is 4.72 Å². The lowest BCUT2D eigenvalue weighted by Gasteiger charge is -2.11. The van der Waals surface area contributed by atoms with Gasteiger partial charge >= 0.3 is 0 Å². The molecular weight excluding hydrogens is 306 g/mol. The molecule has 0 atom stereocenters. The number of thiophene rings is 1. The van der Waals surface area contributed by atoms with E-state index in [4.69, 9.17) is 0 Å². The third kappa shape index (κ3) is 3.52. The Labute approximate surface area is 129 Å². The summed E-state index contributed by atoms with van der Waals surface area (Å²) in [5, 5.41) is 11.0. The molecule has 0 aliphatic rings. The van der Waals surface area contributed by atoms with Gasteiger partial charge in [0, 0.05) is 6.54 Å². The molecule has 1 heterocycles. The molecule has 0 unspecified atom stereocenters. The number of sulfonamides is 1. The summed E-state index contributed by atoms with van der Waals surface area (Å²) >= 11 is 1.26. The fraction of sp³-hybridized carbons (Fsp3) is 0.333.